The number of amides is 1. The molecule has 0 spiro atoms. The Hall–Kier alpha value is -1.71. The molecule has 43 heavy (non-hydrogen) atoms. The number of hydrogen-bond acceptors (Lipinski definition) is 7. The first-order valence-corrected chi connectivity index (χ1v) is 17.2. The maximum absolute atomic E-state index is 13.1. The van der Waals surface area contributed by atoms with Gasteiger partial charge in [-0.15, -0.1) is 0 Å². The minimum absolute atomic E-state index is 0.362. The summed E-state index contributed by atoms with van der Waals surface area (Å²) in [6, 6.07) is 7.71. The van der Waals surface area contributed by atoms with Crippen LogP contribution in [0.3, 0.4) is 0 Å². The maximum Gasteiger partial charge on any atom is 0.412 e. The fourth-order valence-corrected chi connectivity index (χ4v) is 6.52. The summed E-state index contributed by atoms with van der Waals surface area (Å²) in [7, 11) is 0. The van der Waals surface area contributed by atoms with E-state index in [9.17, 15) is 4.79 Å². The molecule has 0 aromatic heterocycles. The summed E-state index contributed by atoms with van der Waals surface area (Å²) in [4.78, 5) is 15.5. The maximum atomic E-state index is 13.1. The molecule has 1 N–H and O–H groups in total. The normalized spacial score (nSPS) is 26.1. The highest BCUT2D eigenvalue weighted by atomic mass is 16.8. The van der Waals surface area contributed by atoms with E-state index in [2.05, 4.69) is 17.1 Å². The summed E-state index contributed by atoms with van der Waals surface area (Å²) >= 11 is 0. The molecule has 244 valence electrons. The molecule has 0 saturated carbocycles. The molecule has 3 fully saturated rings. The largest absolute Gasteiger partial charge is 0.442 e. The molecule has 3 heterocycles. The Morgan fingerprint density at radius 3 is 2.16 bits per heavy atom. The second-order valence-corrected chi connectivity index (χ2v) is 13.2. The van der Waals surface area contributed by atoms with Crippen molar-refractivity contribution in [2.45, 2.75) is 154 Å². The Bertz CT molecular complexity index is 933. The molecule has 3 aliphatic heterocycles. The van der Waals surface area contributed by atoms with E-state index in [1.807, 2.05) is 45.0 Å². The molecule has 5 atom stereocenters. The Balaban J connectivity index is 1.33. The quantitative estimate of drug-likeness (QED) is 0.181. The highest BCUT2D eigenvalue weighted by molar-refractivity contribution is 5.84. The molecule has 0 radical (unpaired) electrons. The molecule has 0 unspecified atom stereocenters. The summed E-state index contributed by atoms with van der Waals surface area (Å²) in [6.07, 6.45) is 14.8. The lowest BCUT2D eigenvalue weighted by Crippen LogP contribution is -2.48. The highest BCUT2D eigenvalue weighted by Crippen LogP contribution is 2.41. The lowest BCUT2D eigenvalue weighted by atomic mass is 10.0. The zero-order valence-corrected chi connectivity index (χ0v) is 27.3. The van der Waals surface area contributed by atoms with Crippen LogP contribution in [0.5, 0.6) is 0 Å². The Labute approximate surface area is 260 Å². The van der Waals surface area contributed by atoms with E-state index in [0.29, 0.717) is 18.8 Å². The smallest absolute Gasteiger partial charge is 0.412 e. The van der Waals surface area contributed by atoms with Gasteiger partial charge >= 0.3 is 6.09 Å². The molecule has 4 rings (SSSR count). The fraction of sp³-hybridized carbons (Fsp3) is 0.800. The van der Waals surface area contributed by atoms with Crippen molar-refractivity contribution in [3.8, 4) is 0 Å². The standard InChI is InChI=1S/C35H58N2O6/c1-5-6-7-8-9-10-11-12-15-18-25-39-33-32-31(42-35(3,4)43-32)30(41-33)29(26-37-23-16-13-14-17-24-37)40-34(38)36-28-21-19-27(2)20-22-28/h19-22,29-33H,5-18,23-26H2,1-4H3,(H,36,38)/t29-,30-,31+,32+,33+/m1/s1. The van der Waals surface area contributed by atoms with Gasteiger partial charge in [0, 0.05) is 18.8 Å². The first kappa shape index (κ1) is 34.2. The number of nitrogens with zero attached hydrogens (tertiary/aromatic N) is 1. The molecule has 0 aliphatic carbocycles. The fourth-order valence-electron chi connectivity index (χ4n) is 6.52. The number of unbranched alkanes of at least 4 members (excludes halogenated alkanes) is 9. The van der Waals surface area contributed by atoms with Crippen LogP contribution in [0.1, 0.15) is 116 Å². The number of carbonyl (C=O) groups is 1. The van der Waals surface area contributed by atoms with Gasteiger partial charge in [0.05, 0.1) is 0 Å². The second-order valence-electron chi connectivity index (χ2n) is 13.2. The van der Waals surface area contributed by atoms with Crippen molar-refractivity contribution in [1.29, 1.82) is 0 Å². The average Bonchev–Trinajstić information content (AvgIpc) is 3.32. The summed E-state index contributed by atoms with van der Waals surface area (Å²) < 4.78 is 31.6. The molecule has 3 aliphatic rings. The molecule has 8 nitrogen and oxygen atoms in total. The van der Waals surface area contributed by atoms with Crippen LogP contribution in [-0.4, -0.2) is 73.7 Å². The van der Waals surface area contributed by atoms with Crippen LogP contribution < -0.4 is 5.32 Å². The minimum atomic E-state index is -0.757. The minimum Gasteiger partial charge on any atom is -0.442 e. The number of likely N-dealkylation sites (tertiary alicyclic amines) is 1. The summed E-state index contributed by atoms with van der Waals surface area (Å²) in [5, 5.41) is 2.90. The number of benzene rings is 1. The highest BCUT2D eigenvalue weighted by Gasteiger charge is 2.58. The van der Waals surface area contributed by atoms with Crippen LogP contribution in [0.4, 0.5) is 10.5 Å². The summed E-state index contributed by atoms with van der Waals surface area (Å²) in [5.41, 5.74) is 1.84. The predicted octanol–water partition coefficient (Wildman–Crippen LogP) is 7.97. The van der Waals surface area contributed by atoms with Crippen molar-refractivity contribution >= 4 is 11.8 Å². The molecule has 1 aromatic rings. The van der Waals surface area contributed by atoms with Crippen LogP contribution in [0.25, 0.3) is 0 Å². The lowest BCUT2D eigenvalue weighted by molar-refractivity contribution is -0.243. The van der Waals surface area contributed by atoms with Crippen LogP contribution in [0.2, 0.25) is 0 Å². The van der Waals surface area contributed by atoms with Gasteiger partial charge in [-0.2, -0.15) is 0 Å². The van der Waals surface area contributed by atoms with Gasteiger partial charge in [-0.1, -0.05) is 95.2 Å². The van der Waals surface area contributed by atoms with Crippen LogP contribution in [0, 0.1) is 6.92 Å². The van der Waals surface area contributed by atoms with Crippen molar-refractivity contribution in [2.75, 3.05) is 31.6 Å². The number of nitrogens with one attached hydrogen (secondary N) is 1. The summed E-state index contributed by atoms with van der Waals surface area (Å²) in [6.45, 7) is 11.3. The molecular formula is C35H58N2O6. The van der Waals surface area contributed by atoms with Crippen LogP contribution in [-0.2, 0) is 23.7 Å². The molecule has 3 saturated heterocycles. The van der Waals surface area contributed by atoms with E-state index in [1.54, 1.807) is 0 Å². The SMILES string of the molecule is CCCCCCCCCCCCO[C@H]1O[C@H]([C@@H](CN2CCCCCC2)OC(=O)Nc2ccc(C)cc2)[C@@H]2OC(C)(C)O[C@H]12. The molecule has 1 amide bonds. The first-order chi connectivity index (χ1) is 20.8. The number of ether oxygens (including phenoxy) is 5. The van der Waals surface area contributed by atoms with Gasteiger partial charge in [-0.3, -0.25) is 10.2 Å². The van der Waals surface area contributed by atoms with Gasteiger partial charge in [0.1, 0.15) is 24.4 Å². The molecular weight excluding hydrogens is 544 g/mol. The van der Waals surface area contributed by atoms with E-state index < -0.39 is 30.4 Å². The number of rotatable bonds is 17. The Morgan fingerprint density at radius 2 is 1.51 bits per heavy atom. The van der Waals surface area contributed by atoms with Gasteiger partial charge in [0.2, 0.25) is 0 Å². The first-order valence-electron chi connectivity index (χ1n) is 17.2. The monoisotopic (exact) mass is 602 g/mol. The number of aryl methyl sites for hydroxylation is 1. The van der Waals surface area contributed by atoms with E-state index in [1.165, 1.54) is 64.2 Å². The van der Waals surface area contributed by atoms with Crippen molar-refractivity contribution in [1.82, 2.24) is 4.90 Å². The number of anilines is 1. The number of fused-ring (bicyclic) bond motifs is 1. The van der Waals surface area contributed by atoms with Crippen molar-refractivity contribution < 1.29 is 28.5 Å². The third-order valence-electron chi connectivity index (χ3n) is 8.89. The van der Waals surface area contributed by atoms with Crippen molar-refractivity contribution in [3.63, 3.8) is 0 Å². The molecule has 8 heteroatoms. The number of hydrogen-bond donors (Lipinski definition) is 1. The van der Waals surface area contributed by atoms with E-state index >= 15 is 0 Å². The summed E-state index contributed by atoms with van der Waals surface area (Å²) in [5.74, 6) is -0.757. The average molecular weight is 603 g/mol. The second kappa shape index (κ2) is 17.7. The zero-order valence-electron chi connectivity index (χ0n) is 27.3. The lowest BCUT2D eigenvalue weighted by Gasteiger charge is -2.32. The van der Waals surface area contributed by atoms with E-state index in [-0.39, 0.29) is 12.2 Å². The van der Waals surface area contributed by atoms with Crippen LogP contribution in [0.15, 0.2) is 24.3 Å². The Kier molecular flexibility index (Phi) is 14.1. The molecule has 1 aromatic carbocycles. The van der Waals surface area contributed by atoms with Gasteiger partial charge in [-0.25, -0.2) is 4.79 Å². The predicted molar refractivity (Wildman–Crippen MR) is 170 cm³/mol. The van der Waals surface area contributed by atoms with E-state index in [0.717, 1.165) is 44.3 Å². The van der Waals surface area contributed by atoms with Gasteiger partial charge in [0.25, 0.3) is 0 Å². The molecule has 0 bridgehead atoms. The van der Waals surface area contributed by atoms with Gasteiger partial charge in [-0.05, 0) is 65.3 Å². The Morgan fingerprint density at radius 1 is 0.907 bits per heavy atom. The topological polar surface area (TPSA) is 78.5 Å². The van der Waals surface area contributed by atoms with E-state index in [4.69, 9.17) is 23.7 Å². The third-order valence-corrected chi connectivity index (χ3v) is 8.89. The van der Waals surface area contributed by atoms with Crippen molar-refractivity contribution in [2.24, 2.45) is 0 Å². The van der Waals surface area contributed by atoms with Crippen LogP contribution >= 0.6 is 0 Å². The van der Waals surface area contributed by atoms with Gasteiger partial charge in [0.15, 0.2) is 12.1 Å². The zero-order chi connectivity index (χ0) is 30.5. The number of carbonyl (C=O) groups excluding carboxylic acids is 1. The van der Waals surface area contributed by atoms with Gasteiger partial charge < -0.3 is 23.7 Å². The van der Waals surface area contributed by atoms with Crippen molar-refractivity contribution in [3.05, 3.63) is 29.8 Å². The third kappa shape index (κ3) is 11.3.